The molecule has 0 aromatic rings. The zero-order valence-corrected chi connectivity index (χ0v) is 15.6. The summed E-state index contributed by atoms with van der Waals surface area (Å²) in [4.78, 5) is 9.41. The number of unbranched alkanes of at least 4 members (excludes halogenated alkanes) is 11. The molecular formula is C17H37O4P. The second-order valence-electron chi connectivity index (χ2n) is 6.02. The Morgan fingerprint density at radius 1 is 0.636 bits per heavy atom. The summed E-state index contributed by atoms with van der Waals surface area (Å²) in [5.41, 5.74) is 0. The van der Waals surface area contributed by atoms with Crippen LogP contribution in [0.4, 0.5) is 0 Å². The summed E-state index contributed by atoms with van der Waals surface area (Å²) in [6.45, 7) is 4.87. The van der Waals surface area contributed by atoms with E-state index in [1.54, 1.807) is 0 Å². The van der Waals surface area contributed by atoms with Crippen LogP contribution in [0.2, 0.25) is 0 Å². The predicted octanol–water partition coefficient (Wildman–Crippen LogP) is 6.23. The first kappa shape index (κ1) is 22.1. The Labute approximate surface area is 137 Å². The van der Waals surface area contributed by atoms with Gasteiger partial charge in [-0.15, -0.1) is 0 Å². The smallest absolute Gasteiger partial charge is 0.302 e. The van der Waals surface area contributed by atoms with Crippen LogP contribution in [0, 0.1) is 0 Å². The largest absolute Gasteiger partial charge is 0.472 e. The molecule has 0 spiro atoms. The van der Waals surface area contributed by atoms with Crippen LogP contribution in [-0.4, -0.2) is 18.1 Å². The Morgan fingerprint density at radius 3 is 1.45 bits per heavy atom. The van der Waals surface area contributed by atoms with Crippen molar-refractivity contribution in [3.05, 3.63) is 0 Å². The standard InChI is InChI=1S/C17H37O4P/c1-3-5-7-8-9-10-11-12-13-14-15-17-21-22(18,19)20-16-6-4-2/h3-17H2,1-2H3,(H,18,19). The average molecular weight is 336 g/mol. The van der Waals surface area contributed by atoms with Gasteiger partial charge in [0.25, 0.3) is 0 Å². The van der Waals surface area contributed by atoms with Gasteiger partial charge in [-0.25, -0.2) is 4.57 Å². The molecule has 1 atom stereocenters. The Bertz CT molecular complexity index is 271. The maximum Gasteiger partial charge on any atom is 0.472 e. The molecule has 0 fully saturated rings. The summed E-state index contributed by atoms with van der Waals surface area (Å²) < 4.78 is 21.3. The normalized spacial score (nSPS) is 14.1. The maximum atomic E-state index is 11.5. The van der Waals surface area contributed by atoms with Crippen LogP contribution >= 0.6 is 7.82 Å². The van der Waals surface area contributed by atoms with Gasteiger partial charge in [-0.1, -0.05) is 84.5 Å². The highest BCUT2D eigenvalue weighted by Gasteiger charge is 2.19. The summed E-state index contributed by atoms with van der Waals surface area (Å²) in [7, 11) is -3.80. The molecule has 0 aliphatic rings. The molecule has 4 nitrogen and oxygen atoms in total. The molecule has 0 saturated heterocycles. The third-order valence-electron chi connectivity index (χ3n) is 3.75. The summed E-state index contributed by atoms with van der Waals surface area (Å²) >= 11 is 0. The second-order valence-corrected chi connectivity index (χ2v) is 7.48. The second kappa shape index (κ2) is 16.0. The topological polar surface area (TPSA) is 55.8 Å². The minimum Gasteiger partial charge on any atom is -0.302 e. The molecule has 0 amide bonds. The number of hydrogen-bond acceptors (Lipinski definition) is 3. The quantitative estimate of drug-likeness (QED) is 0.253. The molecule has 0 saturated carbocycles. The van der Waals surface area contributed by atoms with Crippen LogP contribution in [0.25, 0.3) is 0 Å². The SMILES string of the molecule is CCCCCCCCCCCCCOP(=O)(O)OCCCC. The van der Waals surface area contributed by atoms with Crippen LogP contribution < -0.4 is 0 Å². The molecule has 0 aliphatic heterocycles. The van der Waals surface area contributed by atoms with Gasteiger partial charge in [-0.05, 0) is 12.8 Å². The van der Waals surface area contributed by atoms with E-state index < -0.39 is 7.82 Å². The van der Waals surface area contributed by atoms with Crippen molar-refractivity contribution in [2.45, 2.75) is 97.3 Å². The van der Waals surface area contributed by atoms with Gasteiger partial charge >= 0.3 is 7.82 Å². The van der Waals surface area contributed by atoms with Crippen LogP contribution in [0.3, 0.4) is 0 Å². The zero-order valence-electron chi connectivity index (χ0n) is 14.7. The number of phosphoric acid groups is 1. The van der Waals surface area contributed by atoms with Crippen molar-refractivity contribution >= 4 is 7.82 Å². The molecule has 22 heavy (non-hydrogen) atoms. The Hall–Kier alpha value is 0.110. The third kappa shape index (κ3) is 16.5. The fourth-order valence-electron chi connectivity index (χ4n) is 2.31. The average Bonchev–Trinajstić information content (AvgIpc) is 2.48. The zero-order chi connectivity index (χ0) is 16.5. The van der Waals surface area contributed by atoms with Gasteiger partial charge in [-0.2, -0.15) is 0 Å². The molecular weight excluding hydrogens is 299 g/mol. The minimum atomic E-state index is -3.80. The lowest BCUT2D eigenvalue weighted by atomic mass is 10.1. The van der Waals surface area contributed by atoms with Crippen molar-refractivity contribution in [2.24, 2.45) is 0 Å². The van der Waals surface area contributed by atoms with Crippen molar-refractivity contribution in [1.29, 1.82) is 0 Å². The first-order chi connectivity index (χ1) is 10.6. The van der Waals surface area contributed by atoms with Crippen molar-refractivity contribution < 1.29 is 18.5 Å². The fraction of sp³-hybridized carbons (Fsp3) is 1.00. The third-order valence-corrected chi connectivity index (χ3v) is 4.77. The maximum absolute atomic E-state index is 11.5. The molecule has 0 aliphatic carbocycles. The van der Waals surface area contributed by atoms with Gasteiger partial charge in [0.1, 0.15) is 0 Å². The van der Waals surface area contributed by atoms with E-state index in [0.717, 1.165) is 25.7 Å². The molecule has 134 valence electrons. The molecule has 1 N–H and O–H groups in total. The summed E-state index contributed by atoms with van der Waals surface area (Å²) in [5, 5.41) is 0. The number of rotatable bonds is 17. The van der Waals surface area contributed by atoms with E-state index in [-0.39, 0.29) is 0 Å². The lowest BCUT2D eigenvalue weighted by Gasteiger charge is -2.11. The molecule has 0 rings (SSSR count). The summed E-state index contributed by atoms with van der Waals surface area (Å²) in [6.07, 6.45) is 15.5. The van der Waals surface area contributed by atoms with E-state index in [1.165, 1.54) is 57.8 Å². The first-order valence-corrected chi connectivity index (χ1v) is 10.7. The van der Waals surface area contributed by atoms with Crippen molar-refractivity contribution in [2.75, 3.05) is 13.2 Å². The van der Waals surface area contributed by atoms with Crippen molar-refractivity contribution in [1.82, 2.24) is 0 Å². The van der Waals surface area contributed by atoms with E-state index in [0.29, 0.717) is 13.2 Å². The summed E-state index contributed by atoms with van der Waals surface area (Å²) in [5.74, 6) is 0. The molecule has 0 aromatic heterocycles. The first-order valence-electron chi connectivity index (χ1n) is 9.24. The van der Waals surface area contributed by atoms with E-state index in [4.69, 9.17) is 9.05 Å². The highest BCUT2D eigenvalue weighted by molar-refractivity contribution is 7.47. The molecule has 0 heterocycles. The highest BCUT2D eigenvalue weighted by atomic mass is 31.2. The molecule has 0 bridgehead atoms. The Kier molecular flexibility index (Phi) is 16.1. The molecule has 1 unspecified atom stereocenters. The molecule has 0 radical (unpaired) electrons. The van der Waals surface area contributed by atoms with E-state index in [9.17, 15) is 9.46 Å². The van der Waals surface area contributed by atoms with Gasteiger partial charge < -0.3 is 4.89 Å². The molecule has 5 heteroatoms. The number of hydrogen-bond donors (Lipinski definition) is 1. The lowest BCUT2D eigenvalue weighted by Crippen LogP contribution is -1.98. The lowest BCUT2D eigenvalue weighted by molar-refractivity contribution is 0.146. The van der Waals surface area contributed by atoms with Gasteiger partial charge in [0.15, 0.2) is 0 Å². The van der Waals surface area contributed by atoms with Gasteiger partial charge in [0.2, 0.25) is 0 Å². The van der Waals surface area contributed by atoms with Crippen LogP contribution in [0.15, 0.2) is 0 Å². The van der Waals surface area contributed by atoms with Gasteiger partial charge in [-0.3, -0.25) is 9.05 Å². The monoisotopic (exact) mass is 336 g/mol. The predicted molar refractivity (Wildman–Crippen MR) is 93.1 cm³/mol. The minimum absolute atomic E-state index is 0.294. The molecule has 0 aromatic carbocycles. The fourth-order valence-corrected chi connectivity index (χ4v) is 3.10. The van der Waals surface area contributed by atoms with Crippen molar-refractivity contribution in [3.63, 3.8) is 0 Å². The van der Waals surface area contributed by atoms with E-state index in [2.05, 4.69) is 6.92 Å². The van der Waals surface area contributed by atoms with Gasteiger partial charge in [0.05, 0.1) is 13.2 Å². The van der Waals surface area contributed by atoms with Crippen LogP contribution in [0.1, 0.15) is 97.3 Å². The van der Waals surface area contributed by atoms with E-state index in [1.807, 2.05) is 6.92 Å². The van der Waals surface area contributed by atoms with Crippen LogP contribution in [0.5, 0.6) is 0 Å². The van der Waals surface area contributed by atoms with E-state index >= 15 is 0 Å². The van der Waals surface area contributed by atoms with Crippen LogP contribution in [-0.2, 0) is 13.6 Å². The highest BCUT2D eigenvalue weighted by Crippen LogP contribution is 2.43. The Balaban J connectivity index is 3.24. The van der Waals surface area contributed by atoms with Crippen molar-refractivity contribution in [3.8, 4) is 0 Å². The Morgan fingerprint density at radius 2 is 1.00 bits per heavy atom. The number of phosphoric ester groups is 1. The summed E-state index contributed by atoms with van der Waals surface area (Å²) in [6, 6.07) is 0. The van der Waals surface area contributed by atoms with Gasteiger partial charge in [0, 0.05) is 0 Å².